The first-order valence-corrected chi connectivity index (χ1v) is 12.7. The second-order valence-corrected chi connectivity index (χ2v) is 10.9. The van der Waals surface area contributed by atoms with Crippen LogP contribution in [0.2, 0.25) is 0 Å². The molecule has 0 aromatic carbocycles. The maximum absolute atomic E-state index is 13.1. The lowest BCUT2D eigenvalue weighted by molar-refractivity contribution is -0.870. The zero-order valence-corrected chi connectivity index (χ0v) is 22.3. The summed E-state index contributed by atoms with van der Waals surface area (Å²) in [7, 11) is 10.5. The van der Waals surface area contributed by atoms with Gasteiger partial charge in [0.1, 0.15) is 0 Å². The molecule has 0 radical (unpaired) electrons. The third-order valence-electron chi connectivity index (χ3n) is 6.42. The van der Waals surface area contributed by atoms with E-state index in [1.165, 1.54) is 0 Å². The van der Waals surface area contributed by atoms with Gasteiger partial charge in [-0.15, -0.1) is 0 Å². The van der Waals surface area contributed by atoms with Crippen LogP contribution in [0.25, 0.3) is 0 Å². The molecule has 0 aromatic rings. The van der Waals surface area contributed by atoms with E-state index in [4.69, 9.17) is 0 Å². The Balaban J connectivity index is 2.71. The molecule has 1 fully saturated rings. The summed E-state index contributed by atoms with van der Waals surface area (Å²) in [5.74, 6) is -0.334. The van der Waals surface area contributed by atoms with E-state index in [-0.39, 0.29) is 35.6 Å². The van der Waals surface area contributed by atoms with Gasteiger partial charge in [0.25, 0.3) is 0 Å². The van der Waals surface area contributed by atoms with E-state index in [9.17, 15) is 14.4 Å². The van der Waals surface area contributed by atoms with Gasteiger partial charge in [-0.25, -0.2) is 0 Å². The first-order valence-electron chi connectivity index (χ1n) is 12.7. The molecule has 1 aliphatic heterocycles. The Kier molecular flexibility index (Phi) is 13.0. The van der Waals surface area contributed by atoms with Gasteiger partial charge in [-0.2, -0.15) is 0 Å². The molecule has 1 saturated heterocycles. The molecular weight excluding hydrogens is 418 g/mol. The zero-order valence-electron chi connectivity index (χ0n) is 22.3. The lowest BCUT2D eigenvalue weighted by Gasteiger charge is -2.31. The van der Waals surface area contributed by atoms with E-state index in [2.05, 4.69) is 43.6 Å². The predicted molar refractivity (Wildman–Crippen MR) is 134 cm³/mol. The van der Waals surface area contributed by atoms with E-state index in [0.29, 0.717) is 32.4 Å². The van der Waals surface area contributed by atoms with Gasteiger partial charge < -0.3 is 24.9 Å². The summed E-state index contributed by atoms with van der Waals surface area (Å²) in [6.45, 7) is 7.94. The monoisotopic (exact) mass is 468 g/mol. The summed E-state index contributed by atoms with van der Waals surface area (Å²) in [5.41, 5.74) is 0. The average molecular weight is 469 g/mol. The number of likely N-dealkylation sites (tertiary alicyclic amines) is 1. The van der Waals surface area contributed by atoms with Crippen LogP contribution in [0, 0.1) is 11.8 Å². The van der Waals surface area contributed by atoms with Crippen molar-refractivity contribution >= 4 is 17.7 Å². The van der Waals surface area contributed by atoms with Gasteiger partial charge in [-0.05, 0) is 52.7 Å². The normalized spacial score (nSPS) is 17.2. The molecule has 0 spiro atoms. The van der Waals surface area contributed by atoms with Crippen LogP contribution in [0.5, 0.6) is 0 Å². The number of nitrogens with zero attached hydrogens (tertiary/aromatic N) is 3. The quantitative estimate of drug-likeness (QED) is 0.267. The molecule has 0 saturated carbocycles. The van der Waals surface area contributed by atoms with Crippen molar-refractivity contribution in [1.82, 2.24) is 20.4 Å². The number of hydrogen-bond acceptors (Lipinski definition) is 4. The summed E-state index contributed by atoms with van der Waals surface area (Å²) < 4.78 is 0.870. The summed E-state index contributed by atoms with van der Waals surface area (Å²) in [5, 5.41) is 6.12. The van der Waals surface area contributed by atoms with Crippen molar-refractivity contribution in [2.45, 2.75) is 64.8 Å². The number of amides is 3. The molecule has 3 amide bonds. The lowest BCUT2D eigenvalue weighted by Crippen LogP contribution is -2.42. The highest BCUT2D eigenvalue weighted by Gasteiger charge is 2.32. The van der Waals surface area contributed by atoms with Crippen LogP contribution in [0.1, 0.15) is 58.8 Å². The molecule has 1 aliphatic rings. The number of carbonyl (C=O) groups excluding carboxylic acids is 3. The van der Waals surface area contributed by atoms with Crippen molar-refractivity contribution < 1.29 is 18.9 Å². The number of rotatable bonds is 16. The summed E-state index contributed by atoms with van der Waals surface area (Å²) in [6.07, 6.45) is 5.23. The maximum atomic E-state index is 13.1. The number of hydrogen-bond donors (Lipinski definition) is 2. The van der Waals surface area contributed by atoms with Crippen molar-refractivity contribution in [1.29, 1.82) is 0 Å². The Bertz CT molecular complexity index is 618. The zero-order chi connectivity index (χ0) is 25.0. The molecule has 33 heavy (non-hydrogen) atoms. The van der Waals surface area contributed by atoms with Crippen molar-refractivity contribution in [2.24, 2.45) is 11.8 Å². The second-order valence-electron chi connectivity index (χ2n) is 10.9. The number of nitrogens with one attached hydrogen (secondary N) is 2. The van der Waals surface area contributed by atoms with Crippen LogP contribution in [0.15, 0.2) is 0 Å². The molecule has 8 heteroatoms. The fourth-order valence-electron chi connectivity index (χ4n) is 4.43. The minimum atomic E-state index is -0.283. The predicted octanol–water partition coefficient (Wildman–Crippen LogP) is 1.70. The van der Waals surface area contributed by atoms with Crippen LogP contribution >= 0.6 is 0 Å². The van der Waals surface area contributed by atoms with E-state index in [0.717, 1.165) is 49.8 Å². The first kappa shape index (κ1) is 29.4. The highest BCUT2D eigenvalue weighted by atomic mass is 16.2. The van der Waals surface area contributed by atoms with Gasteiger partial charge in [0.05, 0.1) is 27.7 Å². The molecule has 3 unspecified atom stereocenters. The van der Waals surface area contributed by atoms with Gasteiger partial charge in [-0.3, -0.25) is 14.4 Å². The molecule has 3 atom stereocenters. The maximum Gasteiger partial charge on any atom is 0.223 e. The van der Waals surface area contributed by atoms with Crippen molar-refractivity contribution in [2.75, 3.05) is 68.0 Å². The molecule has 0 bridgehead atoms. The van der Waals surface area contributed by atoms with Crippen molar-refractivity contribution in [3.8, 4) is 0 Å². The van der Waals surface area contributed by atoms with E-state index in [1.54, 1.807) is 0 Å². The van der Waals surface area contributed by atoms with E-state index < -0.39 is 0 Å². The molecule has 0 aromatic heterocycles. The van der Waals surface area contributed by atoms with Crippen LogP contribution in [-0.4, -0.2) is 106 Å². The Labute approximate surface area is 202 Å². The Hall–Kier alpha value is -1.67. The third kappa shape index (κ3) is 11.8. The highest BCUT2D eigenvalue weighted by Crippen LogP contribution is 2.25. The van der Waals surface area contributed by atoms with Gasteiger partial charge >= 0.3 is 0 Å². The van der Waals surface area contributed by atoms with Gasteiger partial charge in [0.15, 0.2) is 0 Å². The van der Waals surface area contributed by atoms with Gasteiger partial charge in [0, 0.05) is 50.4 Å². The van der Waals surface area contributed by atoms with Crippen LogP contribution < -0.4 is 10.6 Å². The Morgan fingerprint density at radius 1 is 1.06 bits per heavy atom. The summed E-state index contributed by atoms with van der Waals surface area (Å²) in [4.78, 5) is 42.2. The fourth-order valence-corrected chi connectivity index (χ4v) is 4.43. The van der Waals surface area contributed by atoms with Crippen LogP contribution in [0.3, 0.4) is 0 Å². The summed E-state index contributed by atoms with van der Waals surface area (Å²) >= 11 is 0. The standard InChI is InChI=1S/C25H49N5O3/c1-8-22(29-16-9-12-23(29)31)19-21(25(33)27-13-10-15-28(3)4)18-20(2)24(32)26-14-11-17-30(5,6)7/h20-22H,8-19H2,1-7H3,(H-,26,27,32,33)/p+1. The Morgan fingerprint density at radius 3 is 2.24 bits per heavy atom. The first-order chi connectivity index (χ1) is 15.4. The number of carbonyl (C=O) groups is 3. The Morgan fingerprint density at radius 2 is 1.70 bits per heavy atom. The topological polar surface area (TPSA) is 81.8 Å². The minimum absolute atomic E-state index is 0.00327. The summed E-state index contributed by atoms with van der Waals surface area (Å²) in [6, 6.07) is 0.0531. The smallest absolute Gasteiger partial charge is 0.223 e. The van der Waals surface area contributed by atoms with Crippen LogP contribution in [0.4, 0.5) is 0 Å². The van der Waals surface area contributed by atoms with Gasteiger partial charge in [-0.1, -0.05) is 13.8 Å². The second kappa shape index (κ2) is 14.6. The molecule has 8 nitrogen and oxygen atoms in total. The molecule has 1 rings (SSSR count). The SMILES string of the molecule is CCC(CC(CC(C)C(=O)NCCC[N+](C)(C)C)C(=O)NCCCN(C)C)N1CCCC1=O. The molecule has 1 heterocycles. The molecule has 0 aliphatic carbocycles. The molecular formula is C25H50N5O3+. The average Bonchev–Trinajstić information content (AvgIpc) is 3.15. The van der Waals surface area contributed by atoms with Crippen LogP contribution in [-0.2, 0) is 14.4 Å². The fraction of sp³-hybridized carbons (Fsp3) is 0.880. The molecule has 2 N–H and O–H groups in total. The van der Waals surface area contributed by atoms with Crippen molar-refractivity contribution in [3.63, 3.8) is 0 Å². The molecule has 192 valence electrons. The number of quaternary nitrogens is 1. The highest BCUT2D eigenvalue weighted by molar-refractivity contribution is 5.82. The van der Waals surface area contributed by atoms with E-state index >= 15 is 0 Å². The van der Waals surface area contributed by atoms with E-state index in [1.807, 2.05) is 25.9 Å². The van der Waals surface area contributed by atoms with Crippen molar-refractivity contribution in [3.05, 3.63) is 0 Å². The lowest BCUT2D eigenvalue weighted by atomic mass is 9.87. The minimum Gasteiger partial charge on any atom is -0.356 e. The third-order valence-corrected chi connectivity index (χ3v) is 6.42. The van der Waals surface area contributed by atoms with Gasteiger partial charge in [0.2, 0.25) is 17.7 Å². The largest absolute Gasteiger partial charge is 0.356 e.